The Morgan fingerprint density at radius 2 is 2.47 bits per heavy atom. The fourth-order valence-corrected chi connectivity index (χ4v) is 2.34. The van der Waals surface area contributed by atoms with Crippen LogP contribution in [0.5, 0.6) is 0 Å². The summed E-state index contributed by atoms with van der Waals surface area (Å²) in [7, 11) is 3.67. The molecule has 1 aromatic rings. The van der Waals surface area contributed by atoms with Gasteiger partial charge in [0.1, 0.15) is 5.82 Å². The Hall–Kier alpha value is -1.14. The minimum absolute atomic E-state index is 0.545. The van der Waals surface area contributed by atoms with Crippen LogP contribution in [0, 0.1) is 0 Å². The molecule has 1 aromatic heterocycles. The Kier molecular flexibility index (Phi) is 4.33. The van der Waals surface area contributed by atoms with Crippen molar-refractivity contribution in [1.82, 2.24) is 20.3 Å². The molecule has 0 aromatic carbocycles. The van der Waals surface area contributed by atoms with Crippen molar-refractivity contribution in [1.29, 1.82) is 0 Å². The van der Waals surface area contributed by atoms with Gasteiger partial charge in [0.25, 0.3) is 0 Å². The van der Waals surface area contributed by atoms with Crippen molar-refractivity contribution >= 4 is 5.82 Å². The second kappa shape index (κ2) is 5.97. The van der Waals surface area contributed by atoms with Crippen LogP contribution in [0.15, 0.2) is 6.20 Å². The second-order valence-electron chi connectivity index (χ2n) is 4.40. The molecule has 1 aliphatic rings. The molecule has 0 amide bonds. The average Bonchev–Trinajstić information content (AvgIpc) is 2.93. The van der Waals surface area contributed by atoms with Gasteiger partial charge in [-0.2, -0.15) is 0 Å². The molecular weight excluding hydrogens is 218 g/mol. The molecule has 1 atom stereocenters. The predicted molar refractivity (Wildman–Crippen MR) is 66.1 cm³/mol. The minimum Gasteiger partial charge on any atom is -0.383 e. The molecule has 1 aliphatic heterocycles. The molecule has 17 heavy (non-hydrogen) atoms. The number of nitrogens with one attached hydrogen (secondary N) is 1. The van der Waals surface area contributed by atoms with Crippen LogP contribution in [0.2, 0.25) is 0 Å². The molecule has 2 rings (SSSR count). The number of anilines is 1. The van der Waals surface area contributed by atoms with Gasteiger partial charge in [0.05, 0.1) is 12.8 Å². The normalized spacial score (nSPS) is 20.1. The highest BCUT2D eigenvalue weighted by atomic mass is 16.5. The fourth-order valence-electron chi connectivity index (χ4n) is 2.34. The molecule has 0 radical (unpaired) electrons. The van der Waals surface area contributed by atoms with Crippen molar-refractivity contribution in [2.45, 2.75) is 18.9 Å². The zero-order valence-electron chi connectivity index (χ0n) is 10.6. The van der Waals surface area contributed by atoms with Crippen LogP contribution < -0.4 is 10.2 Å². The Bertz CT molecular complexity index is 340. The number of hydrogen-bond acceptors (Lipinski definition) is 5. The number of nitrogens with zero attached hydrogens (tertiary/aromatic N) is 4. The van der Waals surface area contributed by atoms with E-state index in [0.29, 0.717) is 6.04 Å². The van der Waals surface area contributed by atoms with E-state index in [1.54, 1.807) is 7.11 Å². The van der Waals surface area contributed by atoms with Gasteiger partial charge in [-0.3, -0.25) is 0 Å². The summed E-state index contributed by atoms with van der Waals surface area (Å²) >= 11 is 0. The third-order valence-corrected chi connectivity index (χ3v) is 3.22. The lowest BCUT2D eigenvalue weighted by Crippen LogP contribution is -2.39. The zero-order chi connectivity index (χ0) is 12.1. The van der Waals surface area contributed by atoms with E-state index in [-0.39, 0.29) is 0 Å². The molecule has 6 heteroatoms. The lowest BCUT2D eigenvalue weighted by Gasteiger charge is -2.26. The van der Waals surface area contributed by atoms with E-state index in [1.165, 1.54) is 12.8 Å². The van der Waals surface area contributed by atoms with Crippen LogP contribution in [-0.2, 0) is 11.8 Å². The van der Waals surface area contributed by atoms with Gasteiger partial charge >= 0.3 is 0 Å². The van der Waals surface area contributed by atoms with E-state index in [4.69, 9.17) is 4.74 Å². The summed E-state index contributed by atoms with van der Waals surface area (Å²) in [4.78, 5) is 2.39. The van der Waals surface area contributed by atoms with Gasteiger partial charge in [-0.05, 0) is 12.8 Å². The van der Waals surface area contributed by atoms with E-state index in [2.05, 4.69) is 20.5 Å². The van der Waals surface area contributed by atoms with Gasteiger partial charge in [-0.15, -0.1) is 5.10 Å². The third-order valence-electron chi connectivity index (χ3n) is 3.22. The summed E-state index contributed by atoms with van der Waals surface area (Å²) in [6.45, 7) is 3.76. The maximum absolute atomic E-state index is 5.02. The first-order valence-electron chi connectivity index (χ1n) is 6.14. The summed E-state index contributed by atoms with van der Waals surface area (Å²) in [6, 6.07) is 0.545. The lowest BCUT2D eigenvalue weighted by atomic mass is 10.2. The van der Waals surface area contributed by atoms with Crippen molar-refractivity contribution in [3.05, 3.63) is 6.20 Å². The number of ether oxygens (including phenoxy) is 1. The number of methoxy groups -OCH3 is 1. The SMILES string of the molecule is COCCNCC1CCCN1c1cnnn1C. The first kappa shape index (κ1) is 12.3. The van der Waals surface area contributed by atoms with Crippen LogP contribution in [-0.4, -0.2) is 54.4 Å². The minimum atomic E-state index is 0.545. The molecule has 0 aliphatic carbocycles. The number of aromatic nitrogens is 3. The maximum Gasteiger partial charge on any atom is 0.147 e. The second-order valence-corrected chi connectivity index (χ2v) is 4.40. The summed E-state index contributed by atoms with van der Waals surface area (Å²) in [5.74, 6) is 1.11. The van der Waals surface area contributed by atoms with Crippen LogP contribution >= 0.6 is 0 Å². The first-order valence-corrected chi connectivity index (χ1v) is 6.14. The van der Waals surface area contributed by atoms with Gasteiger partial charge in [-0.1, -0.05) is 5.21 Å². The average molecular weight is 239 g/mol. The largest absolute Gasteiger partial charge is 0.383 e. The Labute approximate surface area is 102 Å². The van der Waals surface area contributed by atoms with Gasteiger partial charge < -0.3 is 15.0 Å². The van der Waals surface area contributed by atoms with E-state index in [1.807, 2.05) is 17.9 Å². The molecule has 1 N–H and O–H groups in total. The molecule has 1 saturated heterocycles. The van der Waals surface area contributed by atoms with Crippen molar-refractivity contribution in [3.63, 3.8) is 0 Å². The van der Waals surface area contributed by atoms with Crippen LogP contribution in [0.4, 0.5) is 5.82 Å². The smallest absolute Gasteiger partial charge is 0.147 e. The van der Waals surface area contributed by atoms with Gasteiger partial charge in [0.15, 0.2) is 0 Å². The molecule has 96 valence electrons. The van der Waals surface area contributed by atoms with E-state index in [0.717, 1.165) is 32.1 Å². The number of rotatable bonds is 6. The number of hydrogen-bond donors (Lipinski definition) is 1. The zero-order valence-corrected chi connectivity index (χ0v) is 10.6. The predicted octanol–water partition coefficient (Wildman–Crippen LogP) is 0.0199. The Balaban J connectivity index is 1.87. The highest BCUT2D eigenvalue weighted by molar-refractivity contribution is 5.38. The molecule has 0 bridgehead atoms. The molecule has 2 heterocycles. The van der Waals surface area contributed by atoms with Gasteiger partial charge in [-0.25, -0.2) is 4.68 Å². The fraction of sp³-hybridized carbons (Fsp3) is 0.818. The molecule has 1 unspecified atom stereocenters. The van der Waals surface area contributed by atoms with E-state index in [9.17, 15) is 0 Å². The van der Waals surface area contributed by atoms with Crippen LogP contribution in [0.3, 0.4) is 0 Å². The molecule has 0 spiro atoms. The standard InChI is InChI=1S/C11H21N5O/c1-15-11(9-13-14-15)16-6-3-4-10(16)8-12-5-7-17-2/h9-10,12H,3-8H2,1-2H3. The highest BCUT2D eigenvalue weighted by Gasteiger charge is 2.26. The summed E-state index contributed by atoms with van der Waals surface area (Å²) in [5, 5.41) is 11.4. The third kappa shape index (κ3) is 2.95. The van der Waals surface area contributed by atoms with Gasteiger partial charge in [0.2, 0.25) is 0 Å². The monoisotopic (exact) mass is 239 g/mol. The Morgan fingerprint density at radius 1 is 1.59 bits per heavy atom. The van der Waals surface area contributed by atoms with E-state index < -0.39 is 0 Å². The quantitative estimate of drug-likeness (QED) is 0.709. The molecule has 6 nitrogen and oxygen atoms in total. The molecule has 1 fully saturated rings. The maximum atomic E-state index is 5.02. The molecular formula is C11H21N5O. The lowest BCUT2D eigenvalue weighted by molar-refractivity contribution is 0.199. The summed E-state index contributed by atoms with van der Waals surface area (Å²) < 4.78 is 6.87. The Morgan fingerprint density at radius 3 is 3.18 bits per heavy atom. The van der Waals surface area contributed by atoms with E-state index >= 15 is 0 Å². The first-order chi connectivity index (χ1) is 8.33. The van der Waals surface area contributed by atoms with Crippen molar-refractivity contribution in [2.75, 3.05) is 38.3 Å². The topological polar surface area (TPSA) is 55.2 Å². The summed E-state index contributed by atoms with van der Waals surface area (Å²) in [5.41, 5.74) is 0. The van der Waals surface area contributed by atoms with Crippen LogP contribution in [0.25, 0.3) is 0 Å². The van der Waals surface area contributed by atoms with Crippen molar-refractivity contribution in [3.8, 4) is 0 Å². The molecule has 0 saturated carbocycles. The van der Waals surface area contributed by atoms with Crippen molar-refractivity contribution < 1.29 is 4.74 Å². The number of aryl methyl sites for hydroxylation is 1. The van der Waals surface area contributed by atoms with Crippen LogP contribution in [0.1, 0.15) is 12.8 Å². The highest BCUT2D eigenvalue weighted by Crippen LogP contribution is 2.23. The summed E-state index contributed by atoms with van der Waals surface area (Å²) in [6.07, 6.45) is 4.31. The van der Waals surface area contributed by atoms with Crippen molar-refractivity contribution in [2.24, 2.45) is 7.05 Å². The van der Waals surface area contributed by atoms with Gasteiger partial charge in [0, 0.05) is 39.8 Å².